The largest absolute Gasteiger partial charge is 0.310 e. The van der Waals surface area contributed by atoms with E-state index in [4.69, 9.17) is 11.6 Å². The number of hydrogen-bond donors (Lipinski definition) is 1. The maximum absolute atomic E-state index is 6.24. The van der Waals surface area contributed by atoms with E-state index in [2.05, 4.69) is 47.2 Å². The molecule has 1 aromatic rings. The number of nitrogens with one attached hydrogen (secondary N) is 1. The second-order valence-electron chi connectivity index (χ2n) is 5.49. The quantitative estimate of drug-likeness (QED) is 0.821. The van der Waals surface area contributed by atoms with Gasteiger partial charge in [0.05, 0.1) is 0 Å². The molecule has 0 spiro atoms. The van der Waals surface area contributed by atoms with Crippen molar-refractivity contribution in [2.45, 2.75) is 45.7 Å². The summed E-state index contributed by atoms with van der Waals surface area (Å²) in [5.41, 5.74) is 1.19. The first-order valence-corrected chi connectivity index (χ1v) is 7.92. The predicted molar refractivity (Wildman–Crippen MR) is 82.0 cm³/mol. The van der Waals surface area contributed by atoms with Crippen LogP contribution in [0.25, 0.3) is 0 Å². The van der Waals surface area contributed by atoms with Gasteiger partial charge in [0.25, 0.3) is 0 Å². The first kappa shape index (κ1) is 14.4. The van der Waals surface area contributed by atoms with Crippen molar-refractivity contribution < 1.29 is 0 Å². The van der Waals surface area contributed by atoms with Crippen molar-refractivity contribution in [3.63, 3.8) is 0 Å². The van der Waals surface area contributed by atoms with E-state index < -0.39 is 0 Å². The minimum absolute atomic E-state index is 0.633. The van der Waals surface area contributed by atoms with Gasteiger partial charge in [-0.15, -0.1) is 0 Å². The summed E-state index contributed by atoms with van der Waals surface area (Å²) >= 11 is 9.68. The van der Waals surface area contributed by atoms with Gasteiger partial charge in [-0.1, -0.05) is 60.3 Å². The monoisotopic (exact) mass is 329 g/mol. The summed E-state index contributed by atoms with van der Waals surface area (Å²) in [6.45, 7) is 5.60. The van der Waals surface area contributed by atoms with Crippen LogP contribution in [0.2, 0.25) is 5.02 Å². The number of hydrogen-bond acceptors (Lipinski definition) is 1. The van der Waals surface area contributed by atoms with Gasteiger partial charge in [-0.3, -0.25) is 0 Å². The standard InChI is InChI=1S/C15H21BrClN/c1-10-4-3-5-15(11(10)2)18-9-12-6-7-13(16)8-14(12)17/h6-8,10-11,15,18H,3-5,9H2,1-2H3. The van der Waals surface area contributed by atoms with Crippen molar-refractivity contribution in [3.8, 4) is 0 Å². The van der Waals surface area contributed by atoms with E-state index in [1.807, 2.05) is 6.07 Å². The third-order valence-electron chi connectivity index (χ3n) is 4.28. The first-order chi connectivity index (χ1) is 8.58. The lowest BCUT2D eigenvalue weighted by atomic mass is 9.78. The lowest BCUT2D eigenvalue weighted by Crippen LogP contribution is -2.40. The van der Waals surface area contributed by atoms with Gasteiger partial charge in [0.2, 0.25) is 0 Å². The molecule has 0 amide bonds. The Kier molecular flexibility index (Phi) is 5.11. The second-order valence-corrected chi connectivity index (χ2v) is 6.81. The predicted octanol–water partition coefficient (Wildman–Crippen LogP) is 5.02. The molecule has 0 bridgehead atoms. The Morgan fingerprint density at radius 1 is 1.33 bits per heavy atom. The van der Waals surface area contributed by atoms with E-state index in [0.717, 1.165) is 27.9 Å². The molecular formula is C15H21BrClN. The zero-order chi connectivity index (χ0) is 13.1. The summed E-state index contributed by atoms with van der Waals surface area (Å²) in [7, 11) is 0. The minimum atomic E-state index is 0.633. The summed E-state index contributed by atoms with van der Waals surface area (Å²) in [5.74, 6) is 1.59. The molecule has 1 aromatic carbocycles. The van der Waals surface area contributed by atoms with Gasteiger partial charge < -0.3 is 5.32 Å². The minimum Gasteiger partial charge on any atom is -0.310 e. The van der Waals surface area contributed by atoms with Crippen molar-refractivity contribution in [2.75, 3.05) is 0 Å². The highest BCUT2D eigenvalue weighted by molar-refractivity contribution is 9.10. The smallest absolute Gasteiger partial charge is 0.0462 e. The molecule has 18 heavy (non-hydrogen) atoms. The molecule has 0 saturated heterocycles. The number of rotatable bonds is 3. The van der Waals surface area contributed by atoms with E-state index in [1.54, 1.807) is 0 Å². The Balaban J connectivity index is 1.94. The Hall–Kier alpha value is -0.0500. The molecule has 100 valence electrons. The van der Waals surface area contributed by atoms with Crippen molar-refractivity contribution in [3.05, 3.63) is 33.3 Å². The van der Waals surface area contributed by atoms with Gasteiger partial charge in [-0.2, -0.15) is 0 Å². The highest BCUT2D eigenvalue weighted by Crippen LogP contribution is 2.30. The van der Waals surface area contributed by atoms with E-state index in [0.29, 0.717) is 6.04 Å². The van der Waals surface area contributed by atoms with Crippen LogP contribution in [0.4, 0.5) is 0 Å². The van der Waals surface area contributed by atoms with Crippen molar-refractivity contribution in [1.82, 2.24) is 5.32 Å². The van der Waals surface area contributed by atoms with Crippen LogP contribution in [-0.2, 0) is 6.54 Å². The van der Waals surface area contributed by atoms with Gasteiger partial charge in [0.1, 0.15) is 0 Å². The van der Waals surface area contributed by atoms with Crippen LogP contribution in [0.1, 0.15) is 38.7 Å². The summed E-state index contributed by atoms with van der Waals surface area (Å²) in [5, 5.41) is 4.52. The van der Waals surface area contributed by atoms with E-state index >= 15 is 0 Å². The molecular weight excluding hydrogens is 310 g/mol. The van der Waals surface area contributed by atoms with Crippen molar-refractivity contribution in [2.24, 2.45) is 11.8 Å². The SMILES string of the molecule is CC1CCCC(NCc2ccc(Br)cc2Cl)C1C. The van der Waals surface area contributed by atoms with Gasteiger partial charge in [-0.25, -0.2) is 0 Å². The summed E-state index contributed by atoms with van der Waals surface area (Å²) in [4.78, 5) is 0. The zero-order valence-corrected chi connectivity index (χ0v) is 13.4. The van der Waals surface area contributed by atoms with E-state index in [9.17, 15) is 0 Å². The fourth-order valence-electron chi connectivity index (χ4n) is 2.78. The van der Waals surface area contributed by atoms with Gasteiger partial charge >= 0.3 is 0 Å². The third-order valence-corrected chi connectivity index (χ3v) is 5.12. The first-order valence-electron chi connectivity index (χ1n) is 6.75. The van der Waals surface area contributed by atoms with Crippen LogP contribution in [0.5, 0.6) is 0 Å². The highest BCUT2D eigenvalue weighted by atomic mass is 79.9. The van der Waals surface area contributed by atoms with Gasteiger partial charge in [0, 0.05) is 22.1 Å². The molecule has 1 fully saturated rings. The van der Waals surface area contributed by atoms with Gasteiger partial charge in [-0.05, 0) is 36.0 Å². The molecule has 3 heteroatoms. The van der Waals surface area contributed by atoms with Crippen LogP contribution in [0.15, 0.2) is 22.7 Å². The molecule has 0 heterocycles. The molecule has 1 N–H and O–H groups in total. The van der Waals surface area contributed by atoms with Crippen molar-refractivity contribution >= 4 is 27.5 Å². The molecule has 0 aromatic heterocycles. The molecule has 1 aliphatic rings. The Morgan fingerprint density at radius 2 is 2.11 bits per heavy atom. The Bertz CT molecular complexity index is 407. The zero-order valence-electron chi connectivity index (χ0n) is 11.0. The maximum atomic E-state index is 6.24. The topological polar surface area (TPSA) is 12.0 Å². The van der Waals surface area contributed by atoms with Crippen LogP contribution in [0.3, 0.4) is 0 Å². The van der Waals surface area contributed by atoms with Crippen LogP contribution in [-0.4, -0.2) is 6.04 Å². The molecule has 2 rings (SSSR count). The maximum Gasteiger partial charge on any atom is 0.0462 e. The molecule has 0 radical (unpaired) electrons. The Labute approximate surface area is 123 Å². The number of benzene rings is 1. The van der Waals surface area contributed by atoms with E-state index in [1.165, 1.54) is 24.8 Å². The summed E-state index contributed by atoms with van der Waals surface area (Å²) in [6.07, 6.45) is 4.01. The fourth-order valence-corrected chi connectivity index (χ4v) is 3.52. The molecule has 1 nitrogen and oxygen atoms in total. The average molecular weight is 331 g/mol. The average Bonchev–Trinajstić information content (AvgIpc) is 2.33. The highest BCUT2D eigenvalue weighted by Gasteiger charge is 2.26. The molecule has 3 atom stereocenters. The van der Waals surface area contributed by atoms with Crippen LogP contribution in [0, 0.1) is 11.8 Å². The fraction of sp³-hybridized carbons (Fsp3) is 0.600. The van der Waals surface area contributed by atoms with Gasteiger partial charge in [0.15, 0.2) is 0 Å². The third kappa shape index (κ3) is 3.49. The molecule has 1 aliphatic carbocycles. The van der Waals surface area contributed by atoms with Crippen LogP contribution >= 0.6 is 27.5 Å². The Morgan fingerprint density at radius 3 is 2.83 bits per heavy atom. The number of halogens is 2. The lowest BCUT2D eigenvalue weighted by Gasteiger charge is -2.34. The molecule has 1 saturated carbocycles. The molecule has 3 unspecified atom stereocenters. The van der Waals surface area contributed by atoms with Crippen LogP contribution < -0.4 is 5.32 Å². The molecule has 0 aliphatic heterocycles. The summed E-state index contributed by atoms with van der Waals surface area (Å²) < 4.78 is 1.04. The lowest BCUT2D eigenvalue weighted by molar-refractivity contribution is 0.206. The second kappa shape index (κ2) is 6.40. The van der Waals surface area contributed by atoms with Crippen molar-refractivity contribution in [1.29, 1.82) is 0 Å². The normalized spacial score (nSPS) is 28.3. The summed E-state index contributed by atoms with van der Waals surface area (Å²) in [6, 6.07) is 6.74. The van der Waals surface area contributed by atoms with E-state index in [-0.39, 0.29) is 0 Å².